The van der Waals surface area contributed by atoms with Crippen molar-refractivity contribution in [2.45, 2.75) is 51.6 Å². The first-order chi connectivity index (χ1) is 10.1. The van der Waals surface area contributed by atoms with E-state index >= 15 is 0 Å². The first-order valence-electron chi connectivity index (χ1n) is 7.35. The van der Waals surface area contributed by atoms with Gasteiger partial charge in [-0.05, 0) is 37.2 Å². The molecular weight excluding hydrogens is 286 g/mol. The van der Waals surface area contributed by atoms with Gasteiger partial charge < -0.3 is 10.6 Å². The zero-order valence-corrected chi connectivity index (χ0v) is 13.4. The third kappa shape index (κ3) is 2.65. The normalized spacial score (nSPS) is 23.0. The molecule has 0 saturated carbocycles. The van der Waals surface area contributed by atoms with Crippen molar-refractivity contribution in [3.63, 3.8) is 0 Å². The lowest BCUT2D eigenvalue weighted by Crippen LogP contribution is -2.50. The number of aromatic amines is 1. The zero-order chi connectivity index (χ0) is 15.0. The van der Waals surface area contributed by atoms with Crippen LogP contribution in [0.25, 0.3) is 10.7 Å². The summed E-state index contributed by atoms with van der Waals surface area (Å²) in [4.78, 5) is 7.79. The van der Waals surface area contributed by atoms with Crippen LogP contribution in [0.5, 0.6) is 0 Å². The Morgan fingerprint density at radius 3 is 3.00 bits per heavy atom. The number of nitrogens with two attached hydrogens (primary N) is 1. The zero-order valence-electron chi connectivity index (χ0n) is 12.6. The topological polar surface area (TPSA) is 96.6 Å². The van der Waals surface area contributed by atoms with Crippen molar-refractivity contribution in [2.75, 3.05) is 11.4 Å². The molecule has 7 nitrogen and oxygen atoms in total. The molecule has 114 valence electrons. The largest absolute Gasteiger partial charge is 0.335 e. The number of anilines is 1. The van der Waals surface area contributed by atoms with Crippen LogP contribution in [0.15, 0.2) is 0 Å². The molecule has 1 aliphatic heterocycles. The van der Waals surface area contributed by atoms with Crippen molar-refractivity contribution in [3.8, 4) is 10.7 Å². The number of nitrogens with one attached hydrogen (secondary N) is 1. The van der Waals surface area contributed by atoms with E-state index < -0.39 is 0 Å². The van der Waals surface area contributed by atoms with Crippen molar-refractivity contribution in [1.29, 1.82) is 0 Å². The molecule has 8 heteroatoms. The minimum atomic E-state index is 0.178. The molecule has 1 saturated heterocycles. The summed E-state index contributed by atoms with van der Waals surface area (Å²) < 4.78 is 4.04. The van der Waals surface area contributed by atoms with Crippen LogP contribution in [-0.4, -0.2) is 43.4 Å². The maximum atomic E-state index is 6.15. The lowest BCUT2D eigenvalue weighted by atomic mass is 9.99. The first kappa shape index (κ1) is 14.4. The summed E-state index contributed by atoms with van der Waals surface area (Å²) in [6, 6.07) is 0.434. The molecule has 3 N–H and O–H groups in total. The van der Waals surface area contributed by atoms with Crippen LogP contribution in [0.4, 0.5) is 5.95 Å². The van der Waals surface area contributed by atoms with Gasteiger partial charge in [-0.1, -0.05) is 18.3 Å². The second-order valence-corrected chi connectivity index (χ2v) is 6.62. The molecule has 0 amide bonds. The molecule has 0 spiro atoms. The molecule has 0 radical (unpaired) electrons. The third-order valence-electron chi connectivity index (χ3n) is 4.05. The van der Waals surface area contributed by atoms with Crippen LogP contribution in [0, 0.1) is 0 Å². The summed E-state index contributed by atoms with van der Waals surface area (Å²) in [6.45, 7) is 7.28. The van der Waals surface area contributed by atoms with Gasteiger partial charge in [0.15, 0.2) is 5.82 Å². The van der Waals surface area contributed by atoms with Gasteiger partial charge in [0, 0.05) is 18.6 Å². The van der Waals surface area contributed by atoms with Crippen molar-refractivity contribution >= 4 is 17.5 Å². The molecular formula is C13H21N7S. The van der Waals surface area contributed by atoms with E-state index in [1.165, 1.54) is 11.5 Å². The SMILES string of the molecule is CC(C)c1nnsc1-c1nc(N2CCCC(N)C2C)n[nH]1. The number of H-pyrrole nitrogens is 1. The maximum Gasteiger partial charge on any atom is 0.245 e. The summed E-state index contributed by atoms with van der Waals surface area (Å²) >= 11 is 1.35. The predicted octanol–water partition coefficient (Wildman–Crippen LogP) is 1.76. The van der Waals surface area contributed by atoms with Gasteiger partial charge in [-0.25, -0.2) is 0 Å². The molecule has 3 rings (SSSR count). The van der Waals surface area contributed by atoms with Crippen molar-refractivity contribution < 1.29 is 0 Å². The summed E-state index contributed by atoms with van der Waals surface area (Å²) in [5, 5.41) is 11.6. The Morgan fingerprint density at radius 2 is 2.24 bits per heavy atom. The number of hydrogen-bond donors (Lipinski definition) is 2. The van der Waals surface area contributed by atoms with E-state index in [0.717, 1.165) is 41.7 Å². The first-order valence-corrected chi connectivity index (χ1v) is 8.12. The Kier molecular flexibility index (Phi) is 3.90. The molecule has 1 aliphatic rings. The van der Waals surface area contributed by atoms with E-state index in [2.05, 4.69) is 50.4 Å². The highest BCUT2D eigenvalue weighted by Crippen LogP contribution is 2.30. The van der Waals surface area contributed by atoms with Crippen LogP contribution in [-0.2, 0) is 0 Å². The fourth-order valence-electron chi connectivity index (χ4n) is 2.68. The van der Waals surface area contributed by atoms with E-state index in [-0.39, 0.29) is 12.1 Å². The number of piperidine rings is 1. The molecule has 2 aromatic rings. The predicted molar refractivity (Wildman–Crippen MR) is 83.4 cm³/mol. The minimum Gasteiger partial charge on any atom is -0.335 e. The highest BCUT2D eigenvalue weighted by atomic mass is 32.1. The van der Waals surface area contributed by atoms with Gasteiger partial charge in [-0.2, -0.15) is 4.98 Å². The van der Waals surface area contributed by atoms with Gasteiger partial charge in [-0.15, -0.1) is 10.2 Å². The molecule has 2 unspecified atom stereocenters. The van der Waals surface area contributed by atoms with E-state index in [1.54, 1.807) is 0 Å². The quantitative estimate of drug-likeness (QED) is 0.897. The van der Waals surface area contributed by atoms with Gasteiger partial charge in [0.1, 0.15) is 4.88 Å². The lowest BCUT2D eigenvalue weighted by molar-refractivity contribution is 0.416. The molecule has 0 bridgehead atoms. The van der Waals surface area contributed by atoms with Crippen LogP contribution < -0.4 is 10.6 Å². The summed E-state index contributed by atoms with van der Waals surface area (Å²) in [5.74, 6) is 1.78. The van der Waals surface area contributed by atoms with Crippen LogP contribution in [0.2, 0.25) is 0 Å². The Balaban J connectivity index is 1.88. The van der Waals surface area contributed by atoms with E-state index in [9.17, 15) is 0 Å². The fourth-order valence-corrected chi connectivity index (χ4v) is 3.44. The van der Waals surface area contributed by atoms with Gasteiger partial charge in [0.2, 0.25) is 5.95 Å². The minimum absolute atomic E-state index is 0.178. The Bertz CT molecular complexity index is 605. The summed E-state index contributed by atoms with van der Waals surface area (Å²) in [7, 11) is 0. The standard InChI is InChI=1S/C13H21N7S/c1-7(2)10-11(21-19-16-10)12-15-13(18-17-12)20-6-4-5-9(14)8(20)3/h7-9H,4-6,14H2,1-3H3,(H,15,17,18). The summed E-state index contributed by atoms with van der Waals surface area (Å²) in [6.07, 6.45) is 2.14. The van der Waals surface area contributed by atoms with Crippen LogP contribution in [0.3, 0.4) is 0 Å². The fraction of sp³-hybridized carbons (Fsp3) is 0.692. The molecule has 0 aliphatic carbocycles. The van der Waals surface area contributed by atoms with E-state index in [1.807, 2.05) is 0 Å². The van der Waals surface area contributed by atoms with Gasteiger partial charge in [-0.3, -0.25) is 5.10 Å². The van der Waals surface area contributed by atoms with Crippen molar-refractivity contribution in [3.05, 3.63) is 5.69 Å². The van der Waals surface area contributed by atoms with Gasteiger partial charge in [0.25, 0.3) is 0 Å². The van der Waals surface area contributed by atoms with E-state index in [4.69, 9.17) is 5.73 Å². The van der Waals surface area contributed by atoms with Crippen LogP contribution >= 0.6 is 11.5 Å². The van der Waals surface area contributed by atoms with Crippen molar-refractivity contribution in [2.24, 2.45) is 5.73 Å². The Morgan fingerprint density at radius 1 is 1.43 bits per heavy atom. The highest BCUT2D eigenvalue weighted by molar-refractivity contribution is 7.09. The lowest BCUT2D eigenvalue weighted by Gasteiger charge is -2.36. The van der Waals surface area contributed by atoms with Crippen LogP contribution in [0.1, 0.15) is 45.2 Å². The molecule has 3 heterocycles. The number of nitrogens with zero attached hydrogens (tertiary/aromatic N) is 5. The molecule has 2 atom stereocenters. The molecule has 0 aromatic carbocycles. The number of rotatable bonds is 3. The monoisotopic (exact) mass is 307 g/mol. The molecule has 1 fully saturated rings. The number of hydrogen-bond acceptors (Lipinski definition) is 7. The molecule has 2 aromatic heterocycles. The maximum absolute atomic E-state index is 6.15. The Hall–Kier alpha value is -1.54. The average molecular weight is 307 g/mol. The van der Waals surface area contributed by atoms with E-state index in [0.29, 0.717) is 5.92 Å². The highest BCUT2D eigenvalue weighted by Gasteiger charge is 2.28. The second-order valence-electron chi connectivity index (χ2n) is 5.87. The van der Waals surface area contributed by atoms with Gasteiger partial charge >= 0.3 is 0 Å². The molecule has 21 heavy (non-hydrogen) atoms. The Labute approximate surface area is 128 Å². The van der Waals surface area contributed by atoms with Crippen molar-refractivity contribution in [1.82, 2.24) is 24.8 Å². The smallest absolute Gasteiger partial charge is 0.245 e. The third-order valence-corrected chi connectivity index (χ3v) is 4.80. The number of aromatic nitrogens is 5. The average Bonchev–Trinajstić information content (AvgIpc) is 3.09. The van der Waals surface area contributed by atoms with Gasteiger partial charge in [0.05, 0.1) is 5.69 Å². The summed E-state index contributed by atoms with van der Waals surface area (Å²) in [5.41, 5.74) is 7.11. The second kappa shape index (κ2) is 5.69.